The monoisotopic (exact) mass is 452 g/mol. The highest BCUT2D eigenvalue weighted by molar-refractivity contribution is 7.85. The summed E-state index contributed by atoms with van der Waals surface area (Å²) in [4.78, 5) is 2.33. The van der Waals surface area contributed by atoms with E-state index >= 15 is 0 Å². The van der Waals surface area contributed by atoms with E-state index < -0.39 is 10.1 Å². The van der Waals surface area contributed by atoms with E-state index in [0.29, 0.717) is 6.42 Å². The van der Waals surface area contributed by atoms with Crippen LogP contribution in [0.5, 0.6) is 0 Å². The Kier molecular flexibility index (Phi) is 27.4. The summed E-state index contributed by atoms with van der Waals surface area (Å²) < 4.78 is 30.0. The predicted molar refractivity (Wildman–Crippen MR) is 110 cm³/mol. The van der Waals surface area contributed by atoms with Crippen molar-refractivity contribution in [1.29, 1.82) is 0 Å². The fourth-order valence-electron chi connectivity index (χ4n) is 2.16. The quantitative estimate of drug-likeness (QED) is 0.354. The molecule has 0 aromatic rings. The van der Waals surface area contributed by atoms with Crippen molar-refractivity contribution in [2.24, 2.45) is 0 Å². The summed E-state index contributed by atoms with van der Waals surface area (Å²) in [5.74, 6) is -0.136. The van der Waals surface area contributed by atoms with E-state index in [2.05, 4.69) is 20.9 Å². The molecule has 1 aliphatic heterocycles. The molecule has 0 saturated carbocycles. The fraction of sp³-hybridized carbons (Fsp3) is 1.00. The van der Waals surface area contributed by atoms with Crippen LogP contribution < -0.4 is 16.0 Å². The van der Waals surface area contributed by atoms with Crippen LogP contribution in [0.4, 0.5) is 0 Å². The second kappa shape index (κ2) is 20.2. The molecule has 0 radical (unpaired) electrons. The van der Waals surface area contributed by atoms with Crippen LogP contribution in [0, 0.1) is 0 Å². The van der Waals surface area contributed by atoms with Crippen LogP contribution in [0.2, 0.25) is 0 Å². The van der Waals surface area contributed by atoms with Crippen LogP contribution in [-0.4, -0.2) is 82.5 Å². The minimum Gasteiger partial charge on any atom is -0.314 e. The van der Waals surface area contributed by atoms with Gasteiger partial charge in [0.05, 0.1) is 5.75 Å². The van der Waals surface area contributed by atoms with Crippen LogP contribution in [-0.2, 0) is 10.1 Å². The van der Waals surface area contributed by atoms with Gasteiger partial charge < -0.3 is 20.9 Å². The van der Waals surface area contributed by atoms with E-state index in [-0.39, 0.29) is 55.4 Å². The average molecular weight is 454 g/mol. The maximum Gasteiger partial charge on any atom is 0.264 e. The van der Waals surface area contributed by atoms with Crippen molar-refractivity contribution in [3.05, 3.63) is 0 Å². The Bertz CT molecular complexity index is 341. The molecule has 1 fully saturated rings. The fourth-order valence-corrected chi connectivity index (χ4v) is 2.73. The zero-order valence-corrected chi connectivity index (χ0v) is 17.8. The van der Waals surface area contributed by atoms with Crippen molar-refractivity contribution in [1.82, 2.24) is 20.9 Å². The first-order chi connectivity index (χ1) is 9.58. The van der Waals surface area contributed by atoms with Gasteiger partial charge in [0.2, 0.25) is 0 Å². The maximum absolute atomic E-state index is 10.7. The molecule has 0 spiro atoms. The molecule has 1 rings (SSSR count). The standard InChI is InChI=1S/C12H28N4O3S.4ClH/c17-20(18,19)12-2-1-9-16-10-7-14-5-3-13-4-6-15-8-11-16;;;;/h13-15H,1-12H2,(H,17,18,19);4*1H. The van der Waals surface area contributed by atoms with Gasteiger partial charge in [-0.3, -0.25) is 4.55 Å². The Morgan fingerprint density at radius 2 is 1.17 bits per heavy atom. The summed E-state index contributed by atoms with van der Waals surface area (Å²) in [6.07, 6.45) is 1.31. The molecule has 4 N–H and O–H groups in total. The third kappa shape index (κ3) is 21.0. The van der Waals surface area contributed by atoms with Crippen LogP contribution in [0.25, 0.3) is 0 Å². The van der Waals surface area contributed by atoms with E-state index in [1.54, 1.807) is 0 Å². The number of unbranched alkanes of at least 4 members (excludes halogenated alkanes) is 1. The highest BCUT2D eigenvalue weighted by Gasteiger charge is 2.07. The van der Waals surface area contributed by atoms with Crippen molar-refractivity contribution in [2.45, 2.75) is 12.8 Å². The minimum atomic E-state index is -3.81. The molecule has 24 heavy (non-hydrogen) atoms. The van der Waals surface area contributed by atoms with E-state index in [0.717, 1.165) is 65.3 Å². The van der Waals surface area contributed by atoms with Crippen molar-refractivity contribution >= 4 is 59.7 Å². The van der Waals surface area contributed by atoms with Gasteiger partial charge in [-0.15, -0.1) is 49.6 Å². The number of hydrogen-bond acceptors (Lipinski definition) is 6. The van der Waals surface area contributed by atoms with Gasteiger partial charge >= 0.3 is 0 Å². The Hall–Kier alpha value is 0.910. The minimum absolute atomic E-state index is 0. The van der Waals surface area contributed by atoms with Crippen LogP contribution in [0.1, 0.15) is 12.8 Å². The third-order valence-corrected chi connectivity index (χ3v) is 4.10. The lowest BCUT2D eigenvalue weighted by Crippen LogP contribution is -2.42. The lowest BCUT2D eigenvalue weighted by atomic mass is 10.3. The summed E-state index contributed by atoms with van der Waals surface area (Å²) in [6, 6.07) is 0. The molecule has 0 bridgehead atoms. The second-order valence-corrected chi connectivity index (χ2v) is 6.66. The van der Waals surface area contributed by atoms with Crippen molar-refractivity contribution in [3.8, 4) is 0 Å². The maximum atomic E-state index is 10.7. The number of hydrogen-bond donors (Lipinski definition) is 4. The smallest absolute Gasteiger partial charge is 0.264 e. The molecule has 0 unspecified atom stereocenters. The second-order valence-electron chi connectivity index (χ2n) is 5.08. The first-order valence-electron chi connectivity index (χ1n) is 7.37. The number of rotatable bonds is 5. The Labute approximate surface area is 170 Å². The lowest BCUT2D eigenvalue weighted by molar-refractivity contribution is 0.267. The molecule has 0 atom stereocenters. The topological polar surface area (TPSA) is 93.7 Å². The Morgan fingerprint density at radius 3 is 1.58 bits per heavy atom. The zero-order valence-electron chi connectivity index (χ0n) is 13.7. The molecule has 0 aromatic carbocycles. The highest BCUT2D eigenvalue weighted by atomic mass is 35.5. The van der Waals surface area contributed by atoms with Crippen molar-refractivity contribution in [3.63, 3.8) is 0 Å². The number of halogens is 4. The van der Waals surface area contributed by atoms with E-state index in [9.17, 15) is 8.42 Å². The SMILES string of the molecule is Cl.Cl.Cl.Cl.O=S(=O)(O)CCCCN1CCNCCNCCNCC1. The molecule has 0 aliphatic carbocycles. The van der Waals surface area contributed by atoms with Gasteiger partial charge in [0.25, 0.3) is 10.1 Å². The van der Waals surface area contributed by atoms with E-state index in [4.69, 9.17) is 4.55 Å². The largest absolute Gasteiger partial charge is 0.314 e. The van der Waals surface area contributed by atoms with Gasteiger partial charge in [0, 0.05) is 52.4 Å². The lowest BCUT2D eigenvalue weighted by Gasteiger charge is -2.23. The summed E-state index contributed by atoms with van der Waals surface area (Å²) in [5.41, 5.74) is 0. The van der Waals surface area contributed by atoms with Crippen molar-refractivity contribution in [2.75, 3.05) is 64.7 Å². The summed E-state index contributed by atoms with van der Waals surface area (Å²) in [7, 11) is -3.81. The summed E-state index contributed by atoms with van der Waals surface area (Å²) >= 11 is 0. The van der Waals surface area contributed by atoms with Crippen LogP contribution >= 0.6 is 49.6 Å². The Balaban J connectivity index is -0.000000500. The molecule has 7 nitrogen and oxygen atoms in total. The molecule has 0 aromatic heterocycles. The molecule has 1 heterocycles. The summed E-state index contributed by atoms with van der Waals surface area (Å²) in [5, 5.41) is 10.1. The van der Waals surface area contributed by atoms with Gasteiger partial charge in [0.15, 0.2) is 0 Å². The average Bonchev–Trinajstić information content (AvgIpc) is 2.36. The number of nitrogens with one attached hydrogen (secondary N) is 3. The van der Waals surface area contributed by atoms with E-state index in [1.165, 1.54) is 0 Å². The zero-order chi connectivity index (χ0) is 14.7. The van der Waals surface area contributed by atoms with Gasteiger partial charge in [-0.25, -0.2) is 0 Å². The van der Waals surface area contributed by atoms with Gasteiger partial charge in [-0.05, 0) is 19.4 Å². The molecule has 1 saturated heterocycles. The number of nitrogens with zero attached hydrogens (tertiary/aromatic N) is 1. The van der Waals surface area contributed by atoms with Crippen LogP contribution in [0.15, 0.2) is 0 Å². The van der Waals surface area contributed by atoms with Gasteiger partial charge in [-0.2, -0.15) is 8.42 Å². The normalized spacial score (nSPS) is 17.5. The highest BCUT2D eigenvalue weighted by Crippen LogP contribution is 1.98. The van der Waals surface area contributed by atoms with Crippen molar-refractivity contribution < 1.29 is 13.0 Å². The predicted octanol–water partition coefficient (Wildman–Crippen LogP) is 0.426. The molecular formula is C12H32Cl4N4O3S. The van der Waals surface area contributed by atoms with E-state index in [1.807, 2.05) is 0 Å². The molecule has 12 heteroatoms. The Morgan fingerprint density at radius 1 is 0.750 bits per heavy atom. The molecule has 1 aliphatic rings. The van der Waals surface area contributed by atoms with Gasteiger partial charge in [-0.1, -0.05) is 0 Å². The first-order valence-corrected chi connectivity index (χ1v) is 8.98. The molecule has 0 amide bonds. The van der Waals surface area contributed by atoms with Gasteiger partial charge in [0.1, 0.15) is 0 Å². The summed E-state index contributed by atoms with van der Waals surface area (Å²) in [6.45, 7) is 8.59. The first kappa shape index (κ1) is 32.6. The van der Waals surface area contributed by atoms with Crippen LogP contribution in [0.3, 0.4) is 0 Å². The molecule has 152 valence electrons. The third-order valence-electron chi connectivity index (χ3n) is 3.29. The molecular weight excluding hydrogens is 422 g/mol.